The molecule has 4 nitrogen and oxygen atoms in total. The van der Waals surface area contributed by atoms with Crippen molar-refractivity contribution in [1.29, 1.82) is 0 Å². The van der Waals surface area contributed by atoms with Gasteiger partial charge in [0.2, 0.25) is 0 Å². The molecule has 3 N–H and O–H groups in total. The van der Waals surface area contributed by atoms with Crippen LogP contribution in [-0.2, 0) is 11.2 Å². The van der Waals surface area contributed by atoms with Crippen LogP contribution in [0.5, 0.6) is 0 Å². The molecule has 0 aliphatic rings. The summed E-state index contributed by atoms with van der Waals surface area (Å²) in [5.41, 5.74) is 1.00. The number of hydrogen-bond donors (Lipinski definition) is 3. The zero-order valence-electron chi connectivity index (χ0n) is 8.91. The molecule has 16 heavy (non-hydrogen) atoms. The van der Waals surface area contributed by atoms with Gasteiger partial charge in [-0.25, -0.2) is 0 Å². The van der Waals surface area contributed by atoms with E-state index >= 15 is 0 Å². The van der Waals surface area contributed by atoms with Crippen LogP contribution in [0.2, 0.25) is 0 Å². The quantitative estimate of drug-likeness (QED) is 0.630. The molecule has 0 aliphatic carbocycles. The Balaban J connectivity index is 2.41. The minimum Gasteiger partial charge on any atom is -0.394 e. The molecule has 0 saturated heterocycles. The second-order valence-corrected chi connectivity index (χ2v) is 3.65. The van der Waals surface area contributed by atoms with Crippen LogP contribution in [0.4, 0.5) is 0 Å². The van der Waals surface area contributed by atoms with E-state index in [-0.39, 0.29) is 6.42 Å². The summed E-state index contributed by atoms with van der Waals surface area (Å²) in [5, 5.41) is 27.0. The van der Waals surface area contributed by atoms with Crippen LogP contribution < -0.4 is 0 Å². The van der Waals surface area contributed by atoms with E-state index in [1.165, 1.54) is 0 Å². The van der Waals surface area contributed by atoms with Crippen LogP contribution in [0, 0.1) is 0 Å². The van der Waals surface area contributed by atoms with Crippen molar-refractivity contribution in [3.05, 3.63) is 35.9 Å². The molecule has 1 aromatic carbocycles. The van der Waals surface area contributed by atoms with Gasteiger partial charge in [-0.05, 0) is 12.0 Å². The summed E-state index contributed by atoms with van der Waals surface area (Å²) in [5.74, 6) is -0.453. The van der Waals surface area contributed by atoms with Crippen molar-refractivity contribution >= 4 is 5.78 Å². The predicted molar refractivity (Wildman–Crippen MR) is 58.9 cm³/mol. The van der Waals surface area contributed by atoms with E-state index in [4.69, 9.17) is 10.2 Å². The number of aliphatic hydroxyl groups excluding tert-OH is 3. The minimum atomic E-state index is -1.49. The summed E-state index contributed by atoms with van der Waals surface area (Å²) in [6.07, 6.45) is -2.20. The van der Waals surface area contributed by atoms with Crippen molar-refractivity contribution in [1.82, 2.24) is 0 Å². The number of benzene rings is 1. The Labute approximate surface area is 94.2 Å². The van der Waals surface area contributed by atoms with Crippen molar-refractivity contribution < 1.29 is 20.1 Å². The average Bonchev–Trinajstić information content (AvgIpc) is 2.35. The van der Waals surface area contributed by atoms with E-state index in [9.17, 15) is 9.90 Å². The van der Waals surface area contributed by atoms with Crippen LogP contribution in [-0.4, -0.2) is 39.9 Å². The summed E-state index contributed by atoms with van der Waals surface area (Å²) >= 11 is 0. The maximum atomic E-state index is 11.4. The second-order valence-electron chi connectivity index (χ2n) is 3.65. The highest BCUT2D eigenvalue weighted by Crippen LogP contribution is 2.05. The fourth-order valence-electron chi connectivity index (χ4n) is 1.37. The number of rotatable bonds is 6. The molecular weight excluding hydrogens is 208 g/mol. The van der Waals surface area contributed by atoms with Gasteiger partial charge in [0, 0.05) is 6.42 Å². The van der Waals surface area contributed by atoms with Gasteiger partial charge >= 0.3 is 0 Å². The molecular formula is C12H16O4. The van der Waals surface area contributed by atoms with Crippen LogP contribution in [0.1, 0.15) is 12.0 Å². The fraction of sp³-hybridized carbons (Fsp3) is 0.417. The molecule has 2 unspecified atom stereocenters. The SMILES string of the molecule is O=C(CCc1ccccc1)C(O)C(O)CO. The van der Waals surface area contributed by atoms with E-state index in [0.29, 0.717) is 6.42 Å². The molecule has 0 heterocycles. The Bertz CT molecular complexity index is 323. The first-order valence-corrected chi connectivity index (χ1v) is 5.18. The second kappa shape index (κ2) is 6.37. The van der Waals surface area contributed by atoms with Gasteiger partial charge in [0.05, 0.1) is 6.61 Å². The van der Waals surface area contributed by atoms with Crippen molar-refractivity contribution in [2.24, 2.45) is 0 Å². The summed E-state index contributed by atoms with van der Waals surface area (Å²) in [6.45, 7) is -0.613. The highest BCUT2D eigenvalue weighted by atomic mass is 16.4. The van der Waals surface area contributed by atoms with Crippen LogP contribution >= 0.6 is 0 Å². The average molecular weight is 224 g/mol. The van der Waals surface area contributed by atoms with Gasteiger partial charge < -0.3 is 15.3 Å². The molecule has 88 valence electrons. The number of ketones is 1. The lowest BCUT2D eigenvalue weighted by molar-refractivity contribution is -0.134. The maximum absolute atomic E-state index is 11.4. The van der Waals surface area contributed by atoms with E-state index < -0.39 is 24.6 Å². The smallest absolute Gasteiger partial charge is 0.164 e. The summed E-state index contributed by atoms with van der Waals surface area (Å²) in [7, 11) is 0. The van der Waals surface area contributed by atoms with Gasteiger partial charge in [0.1, 0.15) is 12.2 Å². The molecule has 0 spiro atoms. The van der Waals surface area contributed by atoms with Crippen molar-refractivity contribution in [2.75, 3.05) is 6.61 Å². The van der Waals surface area contributed by atoms with Gasteiger partial charge in [-0.2, -0.15) is 0 Å². The third-order valence-corrected chi connectivity index (χ3v) is 2.38. The minimum absolute atomic E-state index is 0.155. The Morgan fingerprint density at radius 3 is 2.38 bits per heavy atom. The van der Waals surface area contributed by atoms with E-state index in [0.717, 1.165) is 5.56 Å². The standard InChI is InChI=1S/C12H16O4/c13-8-11(15)12(16)10(14)7-6-9-4-2-1-3-5-9/h1-5,11-13,15-16H,6-8H2. The van der Waals surface area contributed by atoms with Gasteiger partial charge in [-0.1, -0.05) is 30.3 Å². The van der Waals surface area contributed by atoms with Gasteiger partial charge in [0.15, 0.2) is 5.78 Å². The molecule has 1 aromatic rings. The number of aryl methyl sites for hydroxylation is 1. The first-order chi connectivity index (χ1) is 7.65. The van der Waals surface area contributed by atoms with E-state index in [2.05, 4.69) is 0 Å². The first kappa shape index (κ1) is 12.8. The molecule has 0 aromatic heterocycles. The van der Waals surface area contributed by atoms with Crippen LogP contribution in [0.15, 0.2) is 30.3 Å². The molecule has 0 bridgehead atoms. The summed E-state index contributed by atoms with van der Waals surface area (Å²) in [4.78, 5) is 11.4. The van der Waals surface area contributed by atoms with Crippen molar-refractivity contribution in [2.45, 2.75) is 25.0 Å². The number of aliphatic hydroxyl groups is 3. The molecule has 0 fully saturated rings. The van der Waals surface area contributed by atoms with Crippen molar-refractivity contribution in [3.8, 4) is 0 Å². The van der Waals surface area contributed by atoms with Gasteiger partial charge in [-0.15, -0.1) is 0 Å². The zero-order chi connectivity index (χ0) is 12.0. The number of carbonyl (C=O) groups is 1. The van der Waals surface area contributed by atoms with Gasteiger partial charge in [-0.3, -0.25) is 4.79 Å². The lowest BCUT2D eigenvalue weighted by Crippen LogP contribution is -2.36. The number of hydrogen-bond acceptors (Lipinski definition) is 4. The highest BCUT2D eigenvalue weighted by Gasteiger charge is 2.22. The molecule has 0 saturated carbocycles. The maximum Gasteiger partial charge on any atom is 0.164 e. The molecule has 0 amide bonds. The molecule has 1 rings (SSSR count). The zero-order valence-corrected chi connectivity index (χ0v) is 8.91. The lowest BCUT2D eigenvalue weighted by atomic mass is 10.0. The normalized spacial score (nSPS) is 14.4. The largest absolute Gasteiger partial charge is 0.394 e. The van der Waals surface area contributed by atoms with Crippen molar-refractivity contribution in [3.63, 3.8) is 0 Å². The van der Waals surface area contributed by atoms with E-state index in [1.807, 2.05) is 30.3 Å². The summed E-state index contributed by atoms with van der Waals surface area (Å²) < 4.78 is 0. The van der Waals surface area contributed by atoms with Gasteiger partial charge in [0.25, 0.3) is 0 Å². The Morgan fingerprint density at radius 2 is 1.81 bits per heavy atom. The Hall–Kier alpha value is -1.23. The topological polar surface area (TPSA) is 77.8 Å². The highest BCUT2D eigenvalue weighted by molar-refractivity contribution is 5.83. The monoisotopic (exact) mass is 224 g/mol. The van der Waals surface area contributed by atoms with Crippen LogP contribution in [0.25, 0.3) is 0 Å². The third-order valence-electron chi connectivity index (χ3n) is 2.38. The Kier molecular flexibility index (Phi) is 5.11. The number of carbonyl (C=O) groups excluding carboxylic acids is 1. The Morgan fingerprint density at radius 1 is 1.19 bits per heavy atom. The third kappa shape index (κ3) is 3.73. The molecule has 0 aliphatic heterocycles. The fourth-order valence-corrected chi connectivity index (χ4v) is 1.37. The first-order valence-electron chi connectivity index (χ1n) is 5.18. The molecule has 4 heteroatoms. The predicted octanol–water partition coefficient (Wildman–Crippen LogP) is -0.0976. The van der Waals surface area contributed by atoms with Crippen LogP contribution in [0.3, 0.4) is 0 Å². The lowest BCUT2D eigenvalue weighted by Gasteiger charge is -2.13. The van der Waals surface area contributed by atoms with E-state index in [1.54, 1.807) is 0 Å². The molecule has 2 atom stereocenters. The number of Topliss-reactive ketones (excluding diaryl/α,β-unsaturated/α-hetero) is 1. The summed E-state index contributed by atoms with van der Waals surface area (Å²) in [6, 6.07) is 9.41. The molecule has 0 radical (unpaired) electrons.